The van der Waals surface area contributed by atoms with E-state index < -0.39 is 5.97 Å². The Bertz CT molecular complexity index is 1010. The Labute approximate surface area is 197 Å². The molecule has 1 saturated heterocycles. The number of hydrogen-bond acceptors (Lipinski definition) is 5. The molecular weight excluding hydrogens is 412 g/mol. The lowest BCUT2D eigenvalue weighted by Crippen LogP contribution is -2.31. The number of aryl methyl sites for hydroxylation is 1. The van der Waals surface area contributed by atoms with Crippen molar-refractivity contribution in [3.63, 3.8) is 0 Å². The number of fused-ring (bicyclic) bond motifs is 1. The number of anilines is 1. The third-order valence-corrected chi connectivity index (χ3v) is 5.90. The first-order valence-electron chi connectivity index (χ1n) is 12.2. The number of piperidine rings is 1. The molecule has 0 atom stereocenters. The molecular formula is C27H36N4O2. The fourth-order valence-electron chi connectivity index (χ4n) is 4.16. The van der Waals surface area contributed by atoms with Gasteiger partial charge in [-0.3, -0.25) is 9.78 Å². The Morgan fingerprint density at radius 1 is 1.09 bits per heavy atom. The highest BCUT2D eigenvalue weighted by atomic mass is 16.4. The van der Waals surface area contributed by atoms with Crippen LogP contribution in [0, 0.1) is 0 Å². The first kappa shape index (κ1) is 24.6. The van der Waals surface area contributed by atoms with Gasteiger partial charge in [-0.25, -0.2) is 4.98 Å². The minimum atomic E-state index is -0.773. The summed E-state index contributed by atoms with van der Waals surface area (Å²) in [6.45, 7) is 8.51. The second-order valence-corrected chi connectivity index (χ2v) is 8.22. The summed E-state index contributed by atoms with van der Waals surface area (Å²) in [6.07, 6.45) is 9.45. The number of nitrogens with one attached hydrogen (secondary N) is 1. The molecule has 0 spiro atoms. The van der Waals surface area contributed by atoms with E-state index >= 15 is 0 Å². The lowest BCUT2D eigenvalue weighted by Gasteiger charge is -2.26. The number of pyridine rings is 2. The van der Waals surface area contributed by atoms with Crippen LogP contribution in [-0.4, -0.2) is 52.1 Å². The topological polar surface area (TPSA) is 78.4 Å². The van der Waals surface area contributed by atoms with Crippen LogP contribution in [0.25, 0.3) is 22.2 Å². The Balaban J connectivity index is 0.00000149. The van der Waals surface area contributed by atoms with Gasteiger partial charge in [-0.1, -0.05) is 44.5 Å². The molecule has 2 aromatic heterocycles. The Hall–Kier alpha value is -2.99. The van der Waals surface area contributed by atoms with Gasteiger partial charge in [-0.05, 0) is 63.0 Å². The molecule has 0 aliphatic carbocycles. The number of likely N-dealkylation sites (tertiary alicyclic amines) is 1. The summed E-state index contributed by atoms with van der Waals surface area (Å²) >= 11 is 0. The van der Waals surface area contributed by atoms with Crippen molar-refractivity contribution in [3.05, 3.63) is 54.4 Å². The molecule has 0 unspecified atom stereocenters. The molecule has 1 aliphatic heterocycles. The van der Waals surface area contributed by atoms with Gasteiger partial charge in [-0.15, -0.1) is 0 Å². The predicted molar refractivity (Wildman–Crippen MR) is 136 cm³/mol. The van der Waals surface area contributed by atoms with Gasteiger partial charge in [-0.2, -0.15) is 0 Å². The number of benzene rings is 1. The summed E-state index contributed by atoms with van der Waals surface area (Å²) in [6, 6.07) is 12.1. The summed E-state index contributed by atoms with van der Waals surface area (Å²) in [4.78, 5) is 22.5. The van der Waals surface area contributed by atoms with Crippen LogP contribution in [0.4, 0.5) is 5.69 Å². The molecule has 0 saturated carbocycles. The van der Waals surface area contributed by atoms with Crippen LogP contribution in [0.5, 0.6) is 0 Å². The maximum absolute atomic E-state index is 10.8. The van der Waals surface area contributed by atoms with Gasteiger partial charge in [0.2, 0.25) is 0 Å². The van der Waals surface area contributed by atoms with Crippen molar-refractivity contribution >= 4 is 22.6 Å². The third-order valence-electron chi connectivity index (χ3n) is 5.90. The summed E-state index contributed by atoms with van der Waals surface area (Å²) < 4.78 is 0. The SMILES string of the molecule is CC.O=C(O)CCc1ccc(-c2cc(NCCCN3CCCCC3)c3cnccc3n2)cc1. The average molecular weight is 449 g/mol. The van der Waals surface area contributed by atoms with Gasteiger partial charge >= 0.3 is 5.97 Å². The summed E-state index contributed by atoms with van der Waals surface area (Å²) in [5, 5.41) is 13.5. The molecule has 33 heavy (non-hydrogen) atoms. The molecule has 0 amide bonds. The minimum absolute atomic E-state index is 0.145. The highest BCUT2D eigenvalue weighted by molar-refractivity contribution is 5.93. The minimum Gasteiger partial charge on any atom is -0.481 e. The first-order chi connectivity index (χ1) is 16.2. The van der Waals surface area contributed by atoms with Crippen molar-refractivity contribution in [2.75, 3.05) is 31.5 Å². The van der Waals surface area contributed by atoms with E-state index in [1.807, 2.05) is 50.4 Å². The quantitative estimate of drug-likeness (QED) is 0.413. The molecule has 3 heterocycles. The number of carboxylic acids is 1. The summed E-state index contributed by atoms with van der Waals surface area (Å²) in [5.41, 5.74) is 4.92. The molecule has 176 valence electrons. The number of rotatable bonds is 9. The molecule has 2 N–H and O–H groups in total. The van der Waals surface area contributed by atoms with E-state index in [-0.39, 0.29) is 6.42 Å². The Morgan fingerprint density at radius 2 is 1.85 bits per heavy atom. The third kappa shape index (κ3) is 7.26. The van der Waals surface area contributed by atoms with Crippen molar-refractivity contribution in [2.24, 2.45) is 0 Å². The maximum Gasteiger partial charge on any atom is 0.303 e. The van der Waals surface area contributed by atoms with E-state index in [4.69, 9.17) is 10.1 Å². The second-order valence-electron chi connectivity index (χ2n) is 8.22. The highest BCUT2D eigenvalue weighted by Crippen LogP contribution is 2.28. The van der Waals surface area contributed by atoms with E-state index in [1.165, 1.54) is 32.4 Å². The van der Waals surface area contributed by atoms with E-state index in [2.05, 4.69) is 21.3 Å². The van der Waals surface area contributed by atoms with Crippen LogP contribution in [0.15, 0.2) is 48.8 Å². The van der Waals surface area contributed by atoms with Crippen LogP contribution >= 0.6 is 0 Å². The number of aromatic nitrogens is 2. The van der Waals surface area contributed by atoms with Gasteiger partial charge in [0.25, 0.3) is 0 Å². The fourth-order valence-corrected chi connectivity index (χ4v) is 4.16. The van der Waals surface area contributed by atoms with E-state index in [9.17, 15) is 4.79 Å². The van der Waals surface area contributed by atoms with E-state index in [0.29, 0.717) is 6.42 Å². The molecule has 6 nitrogen and oxygen atoms in total. The van der Waals surface area contributed by atoms with Crippen LogP contribution < -0.4 is 5.32 Å². The Kier molecular flexibility index (Phi) is 9.63. The molecule has 0 bridgehead atoms. The number of aliphatic carboxylic acids is 1. The van der Waals surface area contributed by atoms with Crippen molar-refractivity contribution in [2.45, 2.75) is 52.4 Å². The molecule has 0 radical (unpaired) electrons. The summed E-state index contributed by atoms with van der Waals surface area (Å²) in [5.74, 6) is -0.773. The lowest BCUT2D eigenvalue weighted by atomic mass is 10.0. The van der Waals surface area contributed by atoms with Crippen molar-refractivity contribution in [1.82, 2.24) is 14.9 Å². The highest BCUT2D eigenvalue weighted by Gasteiger charge is 2.11. The number of hydrogen-bond donors (Lipinski definition) is 2. The zero-order chi connectivity index (χ0) is 23.5. The standard InChI is InChI=1S/C25H30N4O2.C2H6/c30-25(31)10-7-19-5-8-20(9-6-19)23-17-24(21-18-26-13-11-22(21)28-23)27-12-4-16-29-14-2-1-3-15-29;1-2/h5-6,8-9,11,13,17-18H,1-4,7,10,12,14-16H2,(H,27,28)(H,30,31);1-2H3. The molecule has 1 aromatic carbocycles. The smallest absolute Gasteiger partial charge is 0.303 e. The molecule has 1 fully saturated rings. The number of carboxylic acid groups (broad SMARTS) is 1. The molecule has 3 aromatic rings. The van der Waals surface area contributed by atoms with Crippen molar-refractivity contribution in [1.29, 1.82) is 0 Å². The molecule has 6 heteroatoms. The number of nitrogens with zero attached hydrogens (tertiary/aromatic N) is 3. The van der Waals surface area contributed by atoms with Crippen LogP contribution in [0.2, 0.25) is 0 Å². The van der Waals surface area contributed by atoms with Crippen LogP contribution in [0.3, 0.4) is 0 Å². The van der Waals surface area contributed by atoms with Crippen LogP contribution in [0.1, 0.15) is 51.5 Å². The van der Waals surface area contributed by atoms with Gasteiger partial charge < -0.3 is 15.3 Å². The number of carbonyl (C=O) groups is 1. The first-order valence-corrected chi connectivity index (χ1v) is 12.2. The fraction of sp³-hybridized carbons (Fsp3) is 0.444. The lowest BCUT2D eigenvalue weighted by molar-refractivity contribution is -0.136. The summed E-state index contributed by atoms with van der Waals surface area (Å²) in [7, 11) is 0. The molecule has 4 rings (SSSR count). The van der Waals surface area contributed by atoms with Crippen molar-refractivity contribution in [3.8, 4) is 11.3 Å². The van der Waals surface area contributed by atoms with Crippen molar-refractivity contribution < 1.29 is 9.90 Å². The van der Waals surface area contributed by atoms with E-state index in [0.717, 1.165) is 52.9 Å². The zero-order valence-electron chi connectivity index (χ0n) is 19.9. The average Bonchev–Trinajstić information content (AvgIpc) is 2.87. The van der Waals surface area contributed by atoms with Gasteiger partial charge in [0, 0.05) is 42.0 Å². The maximum atomic E-state index is 10.8. The molecule has 1 aliphatic rings. The van der Waals surface area contributed by atoms with Gasteiger partial charge in [0.1, 0.15) is 0 Å². The second kappa shape index (κ2) is 12.9. The zero-order valence-corrected chi connectivity index (χ0v) is 19.9. The largest absolute Gasteiger partial charge is 0.481 e. The normalized spacial score (nSPS) is 13.9. The van der Waals surface area contributed by atoms with Gasteiger partial charge in [0.15, 0.2) is 0 Å². The predicted octanol–water partition coefficient (Wildman–Crippen LogP) is 5.63. The van der Waals surface area contributed by atoms with Gasteiger partial charge in [0.05, 0.1) is 11.2 Å². The Morgan fingerprint density at radius 3 is 2.58 bits per heavy atom. The van der Waals surface area contributed by atoms with Crippen LogP contribution in [-0.2, 0) is 11.2 Å². The monoisotopic (exact) mass is 448 g/mol. The van der Waals surface area contributed by atoms with E-state index in [1.54, 1.807) is 6.20 Å².